The van der Waals surface area contributed by atoms with Crippen molar-refractivity contribution >= 4 is 0 Å². The molecule has 0 spiro atoms. The molecule has 1 nitrogen and oxygen atoms in total. The highest BCUT2D eigenvalue weighted by atomic mass is 14.9. The van der Waals surface area contributed by atoms with Gasteiger partial charge in [0.15, 0.2) is 0 Å². The lowest BCUT2D eigenvalue weighted by Gasteiger charge is -2.23. The van der Waals surface area contributed by atoms with E-state index in [1.165, 1.54) is 34.2 Å². The van der Waals surface area contributed by atoms with Gasteiger partial charge in [-0.1, -0.05) is 62.7 Å². The van der Waals surface area contributed by atoms with Gasteiger partial charge in [-0.25, -0.2) is 0 Å². The highest BCUT2D eigenvalue weighted by Crippen LogP contribution is 2.28. The van der Waals surface area contributed by atoms with Crippen LogP contribution in [0.3, 0.4) is 0 Å². The average Bonchev–Trinajstić information content (AvgIpc) is 2.47. The van der Waals surface area contributed by atoms with E-state index in [0.29, 0.717) is 0 Å². The van der Waals surface area contributed by atoms with Crippen LogP contribution in [0.2, 0.25) is 0 Å². The summed E-state index contributed by atoms with van der Waals surface area (Å²) >= 11 is 0. The average molecular weight is 281 g/mol. The Morgan fingerprint density at radius 3 is 2.24 bits per heavy atom. The zero-order valence-electron chi connectivity index (χ0n) is 13.7. The molecule has 0 aliphatic rings. The second-order valence-corrected chi connectivity index (χ2v) is 5.79. The lowest BCUT2D eigenvalue weighted by molar-refractivity contribution is 0.624. The molecule has 0 aliphatic heterocycles. The standard InChI is InChI=1S/C20H27N/c1-5-9-17-12-8-13-18(14-17)20(21-6-2)19-15(3)10-7-11-16(19)4/h7-8,10-14,20-21H,5-6,9H2,1-4H3. The highest BCUT2D eigenvalue weighted by molar-refractivity contribution is 5.42. The van der Waals surface area contributed by atoms with Gasteiger partial charge in [0.25, 0.3) is 0 Å². The summed E-state index contributed by atoms with van der Waals surface area (Å²) in [7, 11) is 0. The highest BCUT2D eigenvalue weighted by Gasteiger charge is 2.17. The third kappa shape index (κ3) is 3.74. The largest absolute Gasteiger partial charge is 0.307 e. The van der Waals surface area contributed by atoms with E-state index in [0.717, 1.165) is 13.0 Å². The summed E-state index contributed by atoms with van der Waals surface area (Å²) in [6.45, 7) is 9.80. The SMILES string of the molecule is CCCc1cccc(C(NCC)c2c(C)cccc2C)c1. The van der Waals surface area contributed by atoms with Gasteiger partial charge in [0.2, 0.25) is 0 Å². The van der Waals surface area contributed by atoms with Gasteiger partial charge < -0.3 is 5.32 Å². The van der Waals surface area contributed by atoms with Gasteiger partial charge in [0, 0.05) is 0 Å². The van der Waals surface area contributed by atoms with Gasteiger partial charge in [0.05, 0.1) is 6.04 Å². The quantitative estimate of drug-likeness (QED) is 0.789. The van der Waals surface area contributed by atoms with E-state index in [1.54, 1.807) is 0 Å². The molecular weight excluding hydrogens is 254 g/mol. The Morgan fingerprint density at radius 2 is 1.62 bits per heavy atom. The minimum atomic E-state index is 0.285. The van der Waals surface area contributed by atoms with E-state index >= 15 is 0 Å². The summed E-state index contributed by atoms with van der Waals surface area (Å²) in [5, 5.41) is 3.67. The predicted molar refractivity (Wildman–Crippen MR) is 91.9 cm³/mol. The van der Waals surface area contributed by atoms with Gasteiger partial charge in [-0.05, 0) is 54.6 Å². The summed E-state index contributed by atoms with van der Waals surface area (Å²) in [5.41, 5.74) is 6.96. The zero-order chi connectivity index (χ0) is 15.2. The van der Waals surface area contributed by atoms with E-state index < -0.39 is 0 Å². The van der Waals surface area contributed by atoms with E-state index in [9.17, 15) is 0 Å². The number of rotatable bonds is 6. The lowest BCUT2D eigenvalue weighted by atomic mass is 9.90. The maximum atomic E-state index is 3.67. The van der Waals surface area contributed by atoms with Crippen LogP contribution in [-0.2, 0) is 6.42 Å². The molecular formula is C20H27N. The molecule has 0 bridgehead atoms. The molecule has 1 unspecified atom stereocenters. The molecule has 2 aromatic rings. The molecule has 2 aromatic carbocycles. The maximum Gasteiger partial charge on any atom is 0.0581 e. The molecule has 0 heterocycles. The van der Waals surface area contributed by atoms with Crippen molar-refractivity contribution in [2.45, 2.75) is 46.6 Å². The van der Waals surface area contributed by atoms with Crippen molar-refractivity contribution in [2.24, 2.45) is 0 Å². The van der Waals surface area contributed by atoms with Crippen molar-refractivity contribution in [2.75, 3.05) is 6.54 Å². The van der Waals surface area contributed by atoms with Crippen molar-refractivity contribution in [3.05, 3.63) is 70.3 Å². The molecule has 0 fully saturated rings. The normalized spacial score (nSPS) is 12.4. The minimum absolute atomic E-state index is 0.285. The van der Waals surface area contributed by atoms with E-state index in [-0.39, 0.29) is 6.04 Å². The summed E-state index contributed by atoms with van der Waals surface area (Å²) < 4.78 is 0. The number of benzene rings is 2. The molecule has 0 saturated carbocycles. The first-order valence-corrected chi connectivity index (χ1v) is 8.05. The van der Waals surface area contributed by atoms with Gasteiger partial charge in [-0.15, -0.1) is 0 Å². The smallest absolute Gasteiger partial charge is 0.0581 e. The van der Waals surface area contributed by atoms with Crippen LogP contribution in [0.4, 0.5) is 0 Å². The Labute approximate surface area is 129 Å². The zero-order valence-corrected chi connectivity index (χ0v) is 13.7. The van der Waals surface area contributed by atoms with Crippen molar-refractivity contribution in [3.63, 3.8) is 0 Å². The van der Waals surface area contributed by atoms with Gasteiger partial charge in [-0.3, -0.25) is 0 Å². The maximum absolute atomic E-state index is 3.67. The van der Waals surface area contributed by atoms with E-state index in [2.05, 4.69) is 75.5 Å². The monoisotopic (exact) mass is 281 g/mol. The topological polar surface area (TPSA) is 12.0 Å². The molecule has 2 rings (SSSR count). The van der Waals surface area contributed by atoms with Crippen LogP contribution in [-0.4, -0.2) is 6.54 Å². The van der Waals surface area contributed by atoms with Gasteiger partial charge >= 0.3 is 0 Å². The number of hydrogen-bond acceptors (Lipinski definition) is 1. The Kier molecular flexibility index (Phi) is 5.58. The number of aryl methyl sites for hydroxylation is 3. The second kappa shape index (κ2) is 7.42. The minimum Gasteiger partial charge on any atom is -0.307 e. The van der Waals surface area contributed by atoms with Gasteiger partial charge in [0.1, 0.15) is 0 Å². The molecule has 1 heteroatoms. The van der Waals surface area contributed by atoms with Crippen LogP contribution in [0, 0.1) is 13.8 Å². The molecule has 0 radical (unpaired) electrons. The molecule has 21 heavy (non-hydrogen) atoms. The molecule has 1 atom stereocenters. The van der Waals surface area contributed by atoms with Crippen molar-refractivity contribution in [1.29, 1.82) is 0 Å². The first-order chi connectivity index (χ1) is 10.2. The Bertz CT molecular complexity index is 566. The predicted octanol–water partition coefficient (Wildman–Crippen LogP) is 4.95. The van der Waals surface area contributed by atoms with Crippen molar-refractivity contribution in [1.82, 2.24) is 5.32 Å². The fraction of sp³-hybridized carbons (Fsp3) is 0.400. The number of nitrogens with one attached hydrogen (secondary N) is 1. The van der Waals surface area contributed by atoms with Crippen molar-refractivity contribution < 1.29 is 0 Å². The molecule has 112 valence electrons. The fourth-order valence-electron chi connectivity index (χ4n) is 3.09. The number of hydrogen-bond donors (Lipinski definition) is 1. The van der Waals surface area contributed by atoms with Crippen LogP contribution < -0.4 is 5.32 Å². The van der Waals surface area contributed by atoms with Gasteiger partial charge in [-0.2, -0.15) is 0 Å². The van der Waals surface area contributed by atoms with Crippen LogP contribution in [0.15, 0.2) is 42.5 Å². The molecule has 0 aliphatic carbocycles. The Balaban J connectivity index is 2.46. The third-order valence-electron chi connectivity index (χ3n) is 4.06. The van der Waals surface area contributed by atoms with E-state index in [4.69, 9.17) is 0 Å². The summed E-state index contributed by atoms with van der Waals surface area (Å²) in [4.78, 5) is 0. The Hall–Kier alpha value is -1.60. The summed E-state index contributed by atoms with van der Waals surface area (Å²) in [6.07, 6.45) is 2.35. The fourth-order valence-corrected chi connectivity index (χ4v) is 3.09. The van der Waals surface area contributed by atoms with Crippen molar-refractivity contribution in [3.8, 4) is 0 Å². The van der Waals surface area contributed by atoms with Crippen LogP contribution >= 0.6 is 0 Å². The molecule has 0 aromatic heterocycles. The summed E-state index contributed by atoms with van der Waals surface area (Å²) in [5.74, 6) is 0. The van der Waals surface area contributed by atoms with Crippen LogP contribution in [0.25, 0.3) is 0 Å². The summed E-state index contributed by atoms with van der Waals surface area (Å²) in [6, 6.07) is 15.9. The third-order valence-corrected chi connectivity index (χ3v) is 4.06. The van der Waals surface area contributed by atoms with Crippen LogP contribution in [0.5, 0.6) is 0 Å². The second-order valence-electron chi connectivity index (χ2n) is 5.79. The Morgan fingerprint density at radius 1 is 0.952 bits per heavy atom. The lowest BCUT2D eigenvalue weighted by Crippen LogP contribution is -2.23. The molecule has 0 amide bonds. The molecule has 1 N–H and O–H groups in total. The first-order valence-electron chi connectivity index (χ1n) is 8.05. The van der Waals surface area contributed by atoms with E-state index in [1.807, 2.05) is 0 Å². The first kappa shape index (κ1) is 15.8. The molecule has 0 saturated heterocycles. The van der Waals surface area contributed by atoms with Crippen LogP contribution in [0.1, 0.15) is 54.1 Å².